The van der Waals surface area contributed by atoms with Crippen LogP contribution in [0.5, 0.6) is 11.5 Å². The van der Waals surface area contributed by atoms with Crippen LogP contribution in [-0.4, -0.2) is 25.2 Å². The van der Waals surface area contributed by atoms with Gasteiger partial charge >= 0.3 is 0 Å². The molecular formula is C17H24ClNO3. The Morgan fingerprint density at radius 1 is 1.45 bits per heavy atom. The molecule has 0 bridgehead atoms. The molecule has 1 fully saturated rings. The summed E-state index contributed by atoms with van der Waals surface area (Å²) in [5.41, 5.74) is 0. The van der Waals surface area contributed by atoms with Crippen molar-refractivity contribution in [3.8, 4) is 11.5 Å². The molecule has 2 rings (SSSR count). The van der Waals surface area contributed by atoms with Crippen LogP contribution in [0.25, 0.3) is 0 Å². The zero-order valence-corrected chi connectivity index (χ0v) is 14.0. The van der Waals surface area contributed by atoms with Crippen LogP contribution in [0, 0.1) is 5.92 Å². The van der Waals surface area contributed by atoms with Crippen LogP contribution in [-0.2, 0) is 4.79 Å². The highest BCUT2D eigenvalue weighted by Crippen LogP contribution is 2.32. The Bertz CT molecular complexity index is 503. The smallest absolute Gasteiger partial charge is 0.220 e. The topological polar surface area (TPSA) is 47.6 Å². The van der Waals surface area contributed by atoms with Crippen molar-refractivity contribution in [1.29, 1.82) is 0 Å². The van der Waals surface area contributed by atoms with Gasteiger partial charge in [-0.3, -0.25) is 4.79 Å². The molecule has 1 aromatic rings. The zero-order valence-electron chi connectivity index (χ0n) is 13.2. The van der Waals surface area contributed by atoms with Gasteiger partial charge in [0.2, 0.25) is 5.91 Å². The molecule has 0 saturated heterocycles. The largest absolute Gasteiger partial charge is 0.491 e. The van der Waals surface area contributed by atoms with E-state index in [2.05, 4.69) is 12.2 Å². The van der Waals surface area contributed by atoms with Crippen LogP contribution in [0.2, 0.25) is 5.02 Å². The third-order valence-electron chi connectivity index (χ3n) is 3.67. The normalized spacial score (nSPS) is 15.2. The van der Waals surface area contributed by atoms with Crippen LogP contribution >= 0.6 is 11.6 Å². The van der Waals surface area contributed by atoms with E-state index in [4.69, 9.17) is 21.1 Å². The van der Waals surface area contributed by atoms with Gasteiger partial charge in [0.05, 0.1) is 17.7 Å². The molecule has 1 N–H and O–H groups in total. The minimum atomic E-state index is 0.106. The first-order valence-corrected chi connectivity index (χ1v) is 8.32. The number of benzene rings is 1. The summed E-state index contributed by atoms with van der Waals surface area (Å²) >= 11 is 6.18. The quantitative estimate of drug-likeness (QED) is 0.702. The fourth-order valence-electron chi connectivity index (χ4n) is 2.00. The first-order chi connectivity index (χ1) is 10.6. The summed E-state index contributed by atoms with van der Waals surface area (Å²) in [5.74, 6) is 2.06. The van der Waals surface area contributed by atoms with Crippen molar-refractivity contribution < 1.29 is 14.3 Å². The Hall–Kier alpha value is -1.42. The van der Waals surface area contributed by atoms with E-state index >= 15 is 0 Å². The molecule has 0 aliphatic heterocycles. The average molecular weight is 326 g/mol. The standard InChI is InChI=1S/C17H24ClNO3/c1-3-12(2)22-14-6-7-16(15(18)11-14)21-9-8-19-17(20)10-13-4-5-13/h6-7,11-13H,3-5,8-10H2,1-2H3,(H,19,20). The van der Waals surface area contributed by atoms with Crippen molar-refractivity contribution >= 4 is 17.5 Å². The maximum Gasteiger partial charge on any atom is 0.220 e. The number of carbonyl (C=O) groups excluding carboxylic acids is 1. The highest BCUT2D eigenvalue weighted by Gasteiger charge is 2.23. The summed E-state index contributed by atoms with van der Waals surface area (Å²) in [6, 6.07) is 5.40. The van der Waals surface area contributed by atoms with E-state index in [0.29, 0.717) is 36.3 Å². The van der Waals surface area contributed by atoms with Gasteiger partial charge in [-0.15, -0.1) is 0 Å². The molecular weight excluding hydrogens is 302 g/mol. The fraction of sp³-hybridized carbons (Fsp3) is 0.588. The Balaban J connectivity index is 1.71. The lowest BCUT2D eigenvalue weighted by Gasteiger charge is -2.14. The Labute approximate surface area is 137 Å². The van der Waals surface area contributed by atoms with Crippen molar-refractivity contribution in [2.75, 3.05) is 13.2 Å². The zero-order chi connectivity index (χ0) is 15.9. The van der Waals surface area contributed by atoms with E-state index in [-0.39, 0.29) is 12.0 Å². The Morgan fingerprint density at radius 2 is 2.23 bits per heavy atom. The predicted octanol–water partition coefficient (Wildman–Crippen LogP) is 3.81. The lowest BCUT2D eigenvalue weighted by Crippen LogP contribution is -2.28. The van der Waals surface area contributed by atoms with E-state index in [1.54, 1.807) is 12.1 Å². The molecule has 5 heteroatoms. The van der Waals surface area contributed by atoms with Crippen molar-refractivity contribution in [2.24, 2.45) is 5.92 Å². The number of hydrogen-bond acceptors (Lipinski definition) is 3. The van der Waals surface area contributed by atoms with Crippen LogP contribution in [0.4, 0.5) is 0 Å². The molecule has 1 saturated carbocycles. The predicted molar refractivity (Wildman–Crippen MR) is 87.7 cm³/mol. The molecule has 122 valence electrons. The lowest BCUT2D eigenvalue weighted by atomic mass is 10.3. The molecule has 0 aromatic heterocycles. The molecule has 0 radical (unpaired) electrons. The highest BCUT2D eigenvalue weighted by molar-refractivity contribution is 6.32. The summed E-state index contributed by atoms with van der Waals surface area (Å²) < 4.78 is 11.3. The van der Waals surface area contributed by atoms with Gasteiger partial charge in [-0.2, -0.15) is 0 Å². The van der Waals surface area contributed by atoms with E-state index in [0.717, 1.165) is 12.2 Å². The summed E-state index contributed by atoms with van der Waals surface area (Å²) in [4.78, 5) is 11.5. The number of carbonyl (C=O) groups is 1. The number of hydrogen-bond donors (Lipinski definition) is 1. The van der Waals surface area contributed by atoms with Gasteiger partial charge in [0.25, 0.3) is 0 Å². The summed E-state index contributed by atoms with van der Waals surface area (Å²) in [5, 5.41) is 3.38. The van der Waals surface area contributed by atoms with Crippen LogP contribution in [0.15, 0.2) is 18.2 Å². The number of nitrogens with one attached hydrogen (secondary N) is 1. The second-order valence-electron chi connectivity index (χ2n) is 5.77. The summed E-state index contributed by atoms with van der Waals surface area (Å²) in [6.45, 7) is 4.98. The van der Waals surface area contributed by atoms with Gasteiger partial charge in [-0.25, -0.2) is 0 Å². The third-order valence-corrected chi connectivity index (χ3v) is 3.96. The maximum absolute atomic E-state index is 11.5. The molecule has 1 amide bonds. The summed E-state index contributed by atoms with van der Waals surface area (Å²) in [7, 11) is 0. The molecule has 1 aliphatic rings. The second kappa shape index (κ2) is 8.28. The van der Waals surface area contributed by atoms with Gasteiger partial charge in [0.1, 0.15) is 18.1 Å². The molecule has 4 nitrogen and oxygen atoms in total. The van der Waals surface area contributed by atoms with Crippen LogP contribution in [0.3, 0.4) is 0 Å². The second-order valence-corrected chi connectivity index (χ2v) is 6.18. The third kappa shape index (κ3) is 5.76. The van der Waals surface area contributed by atoms with Gasteiger partial charge < -0.3 is 14.8 Å². The highest BCUT2D eigenvalue weighted by atomic mass is 35.5. The first-order valence-electron chi connectivity index (χ1n) is 7.94. The van der Waals surface area contributed by atoms with Crippen molar-refractivity contribution in [1.82, 2.24) is 5.32 Å². The number of rotatable bonds is 9. The monoisotopic (exact) mass is 325 g/mol. The van der Waals surface area contributed by atoms with E-state index in [1.807, 2.05) is 13.0 Å². The Morgan fingerprint density at radius 3 is 2.86 bits per heavy atom. The molecule has 1 aromatic carbocycles. The molecule has 1 unspecified atom stereocenters. The number of amides is 1. The van der Waals surface area contributed by atoms with Gasteiger partial charge in [0, 0.05) is 12.5 Å². The lowest BCUT2D eigenvalue weighted by molar-refractivity contribution is -0.121. The van der Waals surface area contributed by atoms with Crippen molar-refractivity contribution in [3.05, 3.63) is 23.2 Å². The maximum atomic E-state index is 11.5. The van der Waals surface area contributed by atoms with Crippen molar-refractivity contribution in [3.63, 3.8) is 0 Å². The van der Waals surface area contributed by atoms with E-state index < -0.39 is 0 Å². The SMILES string of the molecule is CCC(C)Oc1ccc(OCCNC(=O)CC2CC2)c(Cl)c1. The minimum absolute atomic E-state index is 0.106. The van der Waals surface area contributed by atoms with Crippen LogP contribution in [0.1, 0.15) is 39.5 Å². The average Bonchev–Trinajstić information content (AvgIpc) is 3.29. The minimum Gasteiger partial charge on any atom is -0.491 e. The van der Waals surface area contributed by atoms with E-state index in [1.165, 1.54) is 12.8 Å². The van der Waals surface area contributed by atoms with E-state index in [9.17, 15) is 4.79 Å². The molecule has 1 aliphatic carbocycles. The van der Waals surface area contributed by atoms with Gasteiger partial charge in [-0.1, -0.05) is 18.5 Å². The fourth-order valence-corrected chi connectivity index (χ4v) is 2.22. The summed E-state index contributed by atoms with van der Waals surface area (Å²) in [6.07, 6.45) is 4.11. The molecule has 22 heavy (non-hydrogen) atoms. The van der Waals surface area contributed by atoms with Crippen molar-refractivity contribution in [2.45, 2.75) is 45.6 Å². The number of ether oxygens (including phenoxy) is 2. The van der Waals surface area contributed by atoms with Crippen LogP contribution < -0.4 is 14.8 Å². The first kappa shape index (κ1) is 16.9. The molecule has 0 heterocycles. The Kier molecular flexibility index (Phi) is 6.37. The van der Waals surface area contributed by atoms with Gasteiger partial charge in [-0.05, 0) is 44.2 Å². The molecule has 1 atom stereocenters. The van der Waals surface area contributed by atoms with Gasteiger partial charge in [0.15, 0.2) is 0 Å². The molecule has 0 spiro atoms. The number of halogens is 1.